The van der Waals surface area contributed by atoms with Crippen LogP contribution in [0.5, 0.6) is 0 Å². The molecule has 0 atom stereocenters. The molecule has 138 valence electrons. The highest BCUT2D eigenvalue weighted by Crippen LogP contribution is 2.25. The maximum atomic E-state index is 10.9. The fourth-order valence-corrected chi connectivity index (χ4v) is 4.07. The first-order valence-corrected chi connectivity index (χ1v) is 9.91. The van der Waals surface area contributed by atoms with E-state index in [4.69, 9.17) is 0 Å². The van der Waals surface area contributed by atoms with E-state index in [1.807, 2.05) is 47.8 Å². The number of nitrogens with zero attached hydrogens (tertiary/aromatic N) is 5. The van der Waals surface area contributed by atoms with Crippen molar-refractivity contribution in [2.45, 2.75) is 0 Å². The molecule has 28 heavy (non-hydrogen) atoms. The van der Waals surface area contributed by atoms with Gasteiger partial charge in [0.1, 0.15) is 0 Å². The van der Waals surface area contributed by atoms with Crippen molar-refractivity contribution in [1.29, 1.82) is 0 Å². The standard InChI is InChI=1S/C19H13N5O2S2/c25-24(26)16-10-8-15(9-11-16)23-19(21-20-13-14-5-2-1-3-6-14)28-18(22-23)17-7-4-12-27-17/h1-13H/b20-13+,21-19+. The maximum Gasteiger partial charge on any atom is 0.269 e. The zero-order valence-electron chi connectivity index (χ0n) is 14.4. The largest absolute Gasteiger partial charge is 0.269 e. The number of nitro groups is 1. The third-order valence-electron chi connectivity index (χ3n) is 3.75. The molecule has 0 saturated carbocycles. The van der Waals surface area contributed by atoms with Crippen LogP contribution >= 0.6 is 22.7 Å². The van der Waals surface area contributed by atoms with Crippen LogP contribution in [0.15, 0.2) is 82.3 Å². The van der Waals surface area contributed by atoms with E-state index in [2.05, 4.69) is 15.3 Å². The van der Waals surface area contributed by atoms with Crippen LogP contribution in [0.25, 0.3) is 15.6 Å². The lowest BCUT2D eigenvalue weighted by molar-refractivity contribution is -0.384. The molecule has 0 aliphatic rings. The summed E-state index contributed by atoms with van der Waals surface area (Å²) in [6.45, 7) is 0. The third-order valence-corrected chi connectivity index (χ3v) is 5.68. The van der Waals surface area contributed by atoms with E-state index in [-0.39, 0.29) is 5.69 Å². The van der Waals surface area contributed by atoms with Gasteiger partial charge in [-0.05, 0) is 29.1 Å². The highest BCUT2D eigenvalue weighted by Gasteiger charge is 2.11. The second-order valence-electron chi connectivity index (χ2n) is 5.61. The van der Waals surface area contributed by atoms with Gasteiger partial charge in [-0.2, -0.15) is 10.2 Å². The Morgan fingerprint density at radius 2 is 1.82 bits per heavy atom. The Bertz CT molecular complexity index is 1180. The van der Waals surface area contributed by atoms with Crippen LogP contribution < -0.4 is 4.80 Å². The zero-order chi connectivity index (χ0) is 19.3. The van der Waals surface area contributed by atoms with Gasteiger partial charge < -0.3 is 0 Å². The molecule has 0 N–H and O–H groups in total. The molecular weight excluding hydrogens is 394 g/mol. The van der Waals surface area contributed by atoms with Gasteiger partial charge in [0, 0.05) is 12.1 Å². The minimum absolute atomic E-state index is 0.0265. The smallest absolute Gasteiger partial charge is 0.258 e. The van der Waals surface area contributed by atoms with Crippen LogP contribution in [-0.2, 0) is 0 Å². The first kappa shape index (κ1) is 18.0. The van der Waals surface area contributed by atoms with E-state index in [1.54, 1.807) is 34.4 Å². The molecule has 0 bridgehead atoms. The second kappa shape index (κ2) is 8.07. The lowest BCUT2D eigenvalue weighted by Crippen LogP contribution is -2.13. The highest BCUT2D eigenvalue weighted by atomic mass is 32.1. The number of rotatable bonds is 5. The third kappa shape index (κ3) is 3.95. The number of hydrogen-bond acceptors (Lipinski definition) is 7. The zero-order valence-corrected chi connectivity index (χ0v) is 16.0. The average Bonchev–Trinajstić information content (AvgIpc) is 3.39. The van der Waals surface area contributed by atoms with E-state index in [0.717, 1.165) is 15.4 Å². The molecule has 4 aromatic rings. The number of benzene rings is 2. The van der Waals surface area contributed by atoms with Gasteiger partial charge in [-0.25, -0.2) is 4.68 Å². The van der Waals surface area contributed by atoms with Gasteiger partial charge >= 0.3 is 0 Å². The summed E-state index contributed by atoms with van der Waals surface area (Å²) in [5.74, 6) is 0. The Morgan fingerprint density at radius 3 is 2.50 bits per heavy atom. The van der Waals surface area contributed by atoms with Crippen LogP contribution in [0.4, 0.5) is 5.69 Å². The summed E-state index contributed by atoms with van der Waals surface area (Å²) >= 11 is 2.99. The lowest BCUT2D eigenvalue weighted by Gasteiger charge is -2.00. The number of thiophene rings is 1. The van der Waals surface area contributed by atoms with Crippen LogP contribution in [0.3, 0.4) is 0 Å². The van der Waals surface area contributed by atoms with Crippen molar-refractivity contribution in [2.24, 2.45) is 10.2 Å². The monoisotopic (exact) mass is 407 g/mol. The predicted molar refractivity (Wildman–Crippen MR) is 111 cm³/mol. The normalized spacial score (nSPS) is 11.9. The Labute approximate surface area is 167 Å². The topological polar surface area (TPSA) is 85.7 Å². The van der Waals surface area contributed by atoms with Crippen LogP contribution in [-0.4, -0.2) is 20.9 Å². The molecule has 9 heteroatoms. The molecule has 0 fully saturated rings. The Balaban J connectivity index is 1.76. The van der Waals surface area contributed by atoms with Crippen molar-refractivity contribution >= 4 is 34.6 Å². The Morgan fingerprint density at radius 1 is 1.04 bits per heavy atom. The highest BCUT2D eigenvalue weighted by molar-refractivity contribution is 7.19. The van der Waals surface area contributed by atoms with Crippen LogP contribution in [0, 0.1) is 10.1 Å². The van der Waals surface area contributed by atoms with E-state index >= 15 is 0 Å². The van der Waals surface area contributed by atoms with Gasteiger partial charge in [-0.3, -0.25) is 10.1 Å². The Kier molecular flexibility index (Phi) is 5.18. The average molecular weight is 407 g/mol. The molecule has 2 aromatic heterocycles. The van der Waals surface area contributed by atoms with Crippen molar-refractivity contribution < 1.29 is 4.92 Å². The van der Waals surface area contributed by atoms with Crippen LogP contribution in [0.2, 0.25) is 0 Å². The summed E-state index contributed by atoms with van der Waals surface area (Å²) in [4.78, 5) is 12.1. The first-order valence-electron chi connectivity index (χ1n) is 8.22. The van der Waals surface area contributed by atoms with E-state index < -0.39 is 4.92 Å². The van der Waals surface area contributed by atoms with Gasteiger partial charge in [0.05, 0.1) is 21.7 Å². The van der Waals surface area contributed by atoms with Gasteiger partial charge in [-0.15, -0.1) is 16.4 Å². The molecule has 0 aliphatic heterocycles. The van der Waals surface area contributed by atoms with Crippen LogP contribution in [0.1, 0.15) is 5.56 Å². The van der Waals surface area contributed by atoms with Crippen molar-refractivity contribution in [2.75, 3.05) is 0 Å². The summed E-state index contributed by atoms with van der Waals surface area (Å²) in [6, 6.07) is 19.8. The molecule has 0 aliphatic carbocycles. The summed E-state index contributed by atoms with van der Waals surface area (Å²) < 4.78 is 1.64. The minimum atomic E-state index is -0.429. The van der Waals surface area contributed by atoms with Crippen molar-refractivity contribution in [3.63, 3.8) is 0 Å². The second-order valence-corrected chi connectivity index (χ2v) is 7.51. The van der Waals surface area contributed by atoms with Crippen molar-refractivity contribution in [3.8, 4) is 15.6 Å². The first-order chi connectivity index (χ1) is 13.7. The van der Waals surface area contributed by atoms with Gasteiger partial charge in [0.15, 0.2) is 5.01 Å². The number of aromatic nitrogens is 2. The molecule has 0 radical (unpaired) electrons. The fourth-order valence-electron chi connectivity index (χ4n) is 2.41. The molecule has 0 amide bonds. The molecule has 0 saturated heterocycles. The molecule has 0 spiro atoms. The summed E-state index contributed by atoms with van der Waals surface area (Å²) in [6.07, 6.45) is 1.67. The summed E-state index contributed by atoms with van der Waals surface area (Å²) in [5.41, 5.74) is 1.65. The maximum absolute atomic E-state index is 10.9. The summed E-state index contributed by atoms with van der Waals surface area (Å²) in [7, 11) is 0. The SMILES string of the molecule is O=[N+]([O-])c1ccc(-n2nc(-c3cccs3)s/c2=N/N=C/c2ccccc2)cc1. The Hall–Kier alpha value is -3.43. The van der Waals surface area contributed by atoms with Gasteiger partial charge in [0.2, 0.25) is 4.80 Å². The van der Waals surface area contributed by atoms with Gasteiger partial charge in [0.25, 0.3) is 5.69 Å². The van der Waals surface area contributed by atoms with E-state index in [9.17, 15) is 10.1 Å². The molecule has 7 nitrogen and oxygen atoms in total. The number of hydrogen-bond donors (Lipinski definition) is 0. The molecular formula is C19H13N5O2S2. The molecule has 2 heterocycles. The number of non-ortho nitro benzene ring substituents is 1. The molecule has 4 rings (SSSR count). The molecule has 2 aromatic carbocycles. The lowest BCUT2D eigenvalue weighted by atomic mass is 10.2. The van der Waals surface area contributed by atoms with E-state index in [1.165, 1.54) is 23.5 Å². The predicted octanol–water partition coefficient (Wildman–Crippen LogP) is 4.51. The van der Waals surface area contributed by atoms with Crippen molar-refractivity contribution in [1.82, 2.24) is 9.78 Å². The van der Waals surface area contributed by atoms with Crippen molar-refractivity contribution in [3.05, 3.63) is 92.6 Å². The minimum Gasteiger partial charge on any atom is -0.258 e. The van der Waals surface area contributed by atoms with Gasteiger partial charge in [-0.1, -0.05) is 47.7 Å². The number of nitro benzene ring substituents is 1. The van der Waals surface area contributed by atoms with E-state index in [0.29, 0.717) is 10.5 Å². The summed E-state index contributed by atoms with van der Waals surface area (Å²) in [5, 5.41) is 26.8. The molecule has 0 unspecified atom stereocenters. The quantitative estimate of drug-likeness (QED) is 0.277. The fraction of sp³-hybridized carbons (Fsp3) is 0.